The zero-order valence-electron chi connectivity index (χ0n) is 24.1. The predicted molar refractivity (Wildman–Crippen MR) is 158 cm³/mol. The summed E-state index contributed by atoms with van der Waals surface area (Å²) in [5.74, 6) is -0.959. The van der Waals surface area contributed by atoms with Crippen molar-refractivity contribution in [3.05, 3.63) is 53.1 Å². The lowest BCUT2D eigenvalue weighted by atomic mass is 9.82. The Kier molecular flexibility index (Phi) is 11.9. The van der Waals surface area contributed by atoms with Crippen molar-refractivity contribution in [3.63, 3.8) is 0 Å². The van der Waals surface area contributed by atoms with Gasteiger partial charge in [-0.15, -0.1) is 0 Å². The Morgan fingerprint density at radius 3 is 2.11 bits per heavy atom. The van der Waals surface area contributed by atoms with E-state index in [4.69, 9.17) is 21.5 Å². The first-order valence-electron chi connectivity index (χ1n) is 13.8. The number of anilines is 2. The van der Waals surface area contributed by atoms with E-state index in [9.17, 15) is 34.8 Å². The normalized spacial score (nSPS) is 17.5. The summed E-state index contributed by atoms with van der Waals surface area (Å²) in [5, 5.41) is 14.6. The lowest BCUT2D eigenvalue weighted by Crippen LogP contribution is -2.32. The molecule has 248 valence electrons. The number of halogens is 7. The highest BCUT2D eigenvalue weighted by atomic mass is 35.5. The number of nitrogens with one attached hydrogen (secondary N) is 3. The molecule has 1 aliphatic rings. The fourth-order valence-corrected chi connectivity index (χ4v) is 6.25. The fourth-order valence-electron chi connectivity index (χ4n) is 4.61. The summed E-state index contributed by atoms with van der Waals surface area (Å²) >= 11 is 5.92. The summed E-state index contributed by atoms with van der Waals surface area (Å²) in [4.78, 5) is 17.6. The van der Waals surface area contributed by atoms with Crippen LogP contribution in [0.5, 0.6) is 0 Å². The van der Waals surface area contributed by atoms with E-state index in [1.165, 1.54) is 0 Å². The molecular weight excluding hydrogens is 652 g/mol. The van der Waals surface area contributed by atoms with Gasteiger partial charge in [0.1, 0.15) is 10.7 Å². The number of aromatic nitrogens is 2. The Morgan fingerprint density at radius 2 is 1.56 bits per heavy atom. The van der Waals surface area contributed by atoms with Gasteiger partial charge in [-0.1, -0.05) is 23.7 Å². The van der Waals surface area contributed by atoms with Crippen molar-refractivity contribution in [3.8, 4) is 0 Å². The Balaban J connectivity index is 0.000000707. The first-order valence-corrected chi connectivity index (χ1v) is 15.7. The average Bonchev–Trinajstić information content (AvgIpc) is 2.94. The predicted octanol–water partition coefficient (Wildman–Crippen LogP) is 6.95. The number of carboxylic acid groups (broad SMARTS) is 1. The smallest absolute Gasteiger partial charge is 0.475 e. The van der Waals surface area contributed by atoms with Gasteiger partial charge in [-0.05, 0) is 81.7 Å². The van der Waals surface area contributed by atoms with Gasteiger partial charge in [0.25, 0.3) is 0 Å². The molecule has 0 unspecified atom stereocenters. The highest BCUT2D eigenvalue weighted by Gasteiger charge is 2.38. The number of hydrogen-bond donors (Lipinski definition) is 4. The molecule has 1 saturated carbocycles. The highest BCUT2D eigenvalue weighted by molar-refractivity contribution is 7.89. The van der Waals surface area contributed by atoms with E-state index >= 15 is 0 Å². The second-order valence-electron chi connectivity index (χ2n) is 10.8. The Labute approximate surface area is 260 Å². The number of nitrogens with zero attached hydrogens (tertiary/aromatic N) is 2. The first-order chi connectivity index (χ1) is 20.9. The number of rotatable bonds is 9. The zero-order valence-corrected chi connectivity index (χ0v) is 25.7. The van der Waals surface area contributed by atoms with Crippen molar-refractivity contribution >= 4 is 50.3 Å². The van der Waals surface area contributed by atoms with Crippen molar-refractivity contribution in [1.82, 2.24) is 14.7 Å². The highest BCUT2D eigenvalue weighted by Crippen LogP contribution is 2.34. The molecule has 4 rings (SSSR count). The van der Waals surface area contributed by atoms with Crippen molar-refractivity contribution in [2.24, 2.45) is 11.8 Å². The van der Waals surface area contributed by atoms with E-state index < -0.39 is 38.8 Å². The third kappa shape index (κ3) is 10.6. The van der Waals surface area contributed by atoms with E-state index in [1.54, 1.807) is 0 Å². The van der Waals surface area contributed by atoms with E-state index in [1.807, 2.05) is 24.3 Å². The maximum atomic E-state index is 13.0. The first kappa shape index (κ1) is 36.1. The number of carboxylic acids is 1. The zero-order chi connectivity index (χ0) is 33.6. The second-order valence-corrected chi connectivity index (χ2v) is 12.9. The Bertz CT molecular complexity index is 1580. The molecule has 0 spiro atoms. The van der Waals surface area contributed by atoms with E-state index in [-0.39, 0.29) is 23.5 Å². The number of alkyl halides is 6. The number of hydrogen-bond acceptors (Lipinski definition) is 7. The van der Waals surface area contributed by atoms with Crippen LogP contribution in [0.2, 0.25) is 5.02 Å². The standard InChI is InChI=1S/C26H31ClF3N5O2S.C2HF3O2/c1-16(2)33-24-20-5-3-4-6-22(20)34-25(35-24)31-14-17-7-9-18(10-8-17)15-32-38(36,37)23-13-19(26(28,29)30)11-12-21(23)27;3-2(4,5)1(6)7/h3-6,11-13,16-18,32H,7-10,14-15H2,1-2H3,(H2,31,33,34,35);(H,6,7). The number of sulfonamides is 1. The summed E-state index contributed by atoms with van der Waals surface area (Å²) in [5.41, 5.74) is -0.206. The minimum atomic E-state index is -5.08. The van der Waals surface area contributed by atoms with Crippen molar-refractivity contribution < 1.29 is 44.7 Å². The van der Waals surface area contributed by atoms with Gasteiger partial charge >= 0.3 is 18.3 Å². The van der Waals surface area contributed by atoms with E-state index in [0.717, 1.165) is 54.5 Å². The molecule has 0 bridgehead atoms. The van der Waals surface area contributed by atoms with Gasteiger partial charge in [0.2, 0.25) is 16.0 Å². The molecule has 0 saturated heterocycles. The third-order valence-corrected chi connectivity index (χ3v) is 8.80. The van der Waals surface area contributed by atoms with Crippen LogP contribution in [0.15, 0.2) is 47.4 Å². The summed E-state index contributed by atoms with van der Waals surface area (Å²) in [6, 6.07) is 10.3. The molecule has 1 aliphatic carbocycles. The molecule has 0 amide bonds. The lowest BCUT2D eigenvalue weighted by Gasteiger charge is -2.28. The SMILES string of the molecule is CC(C)Nc1nc(NCC2CCC(CNS(=O)(=O)c3cc(C(F)(F)F)ccc3Cl)CC2)nc2ccccc12.O=C(O)C(F)(F)F. The molecule has 0 atom stereocenters. The number of fused-ring (bicyclic) bond motifs is 1. The number of para-hydroxylation sites is 1. The molecule has 45 heavy (non-hydrogen) atoms. The van der Waals surface area contributed by atoms with Crippen molar-refractivity contribution in [1.29, 1.82) is 0 Å². The topological polar surface area (TPSA) is 133 Å². The van der Waals surface area contributed by atoms with Crippen LogP contribution in [0.25, 0.3) is 10.9 Å². The monoisotopic (exact) mass is 683 g/mol. The summed E-state index contributed by atoms with van der Waals surface area (Å²) in [6.45, 7) is 4.94. The van der Waals surface area contributed by atoms with Crippen molar-refractivity contribution in [2.75, 3.05) is 23.7 Å². The van der Waals surface area contributed by atoms with Gasteiger partial charge in [-0.3, -0.25) is 0 Å². The minimum absolute atomic E-state index is 0.0874. The molecule has 3 aromatic rings. The van der Waals surface area contributed by atoms with Gasteiger partial charge in [0, 0.05) is 24.5 Å². The van der Waals surface area contributed by atoms with Crippen LogP contribution in [0.1, 0.15) is 45.1 Å². The van der Waals surface area contributed by atoms with Crippen LogP contribution in [-0.2, 0) is 21.0 Å². The van der Waals surface area contributed by atoms with Crippen LogP contribution < -0.4 is 15.4 Å². The fraction of sp³-hybridized carbons (Fsp3) is 0.464. The Morgan fingerprint density at radius 1 is 0.978 bits per heavy atom. The van der Waals surface area contributed by atoms with Gasteiger partial charge in [-0.2, -0.15) is 31.3 Å². The number of aliphatic carboxylic acids is 1. The molecule has 1 heterocycles. The van der Waals surface area contributed by atoms with Crippen LogP contribution >= 0.6 is 11.6 Å². The maximum Gasteiger partial charge on any atom is 0.490 e. The number of benzene rings is 2. The summed E-state index contributed by atoms with van der Waals surface area (Å²) < 4.78 is 98.7. The summed E-state index contributed by atoms with van der Waals surface area (Å²) in [7, 11) is -4.18. The molecule has 4 N–H and O–H groups in total. The van der Waals surface area contributed by atoms with Crippen LogP contribution in [0.3, 0.4) is 0 Å². The van der Waals surface area contributed by atoms with Crippen LogP contribution in [-0.4, -0.2) is 54.8 Å². The van der Waals surface area contributed by atoms with Gasteiger partial charge < -0.3 is 15.7 Å². The third-order valence-electron chi connectivity index (χ3n) is 6.90. The molecule has 1 fully saturated rings. The average molecular weight is 684 g/mol. The molecule has 1 aromatic heterocycles. The Hall–Kier alpha value is -3.37. The quantitative estimate of drug-likeness (QED) is 0.178. The molecule has 17 heteroatoms. The lowest BCUT2D eigenvalue weighted by molar-refractivity contribution is -0.192. The van der Waals surface area contributed by atoms with Gasteiger partial charge in [0.05, 0.1) is 16.1 Å². The molecule has 0 radical (unpaired) electrons. The maximum absolute atomic E-state index is 13.0. The van der Waals surface area contributed by atoms with E-state index in [2.05, 4.69) is 39.2 Å². The van der Waals surface area contributed by atoms with Gasteiger partial charge in [0.15, 0.2) is 0 Å². The summed E-state index contributed by atoms with van der Waals surface area (Å²) in [6.07, 6.45) is -6.39. The molecule has 0 aliphatic heterocycles. The molecule has 9 nitrogen and oxygen atoms in total. The van der Waals surface area contributed by atoms with E-state index in [0.29, 0.717) is 24.5 Å². The van der Waals surface area contributed by atoms with Crippen LogP contribution in [0.4, 0.5) is 38.1 Å². The van der Waals surface area contributed by atoms with Crippen molar-refractivity contribution in [2.45, 2.75) is 62.8 Å². The second kappa shape index (κ2) is 14.8. The van der Waals surface area contributed by atoms with Crippen LogP contribution in [0, 0.1) is 11.8 Å². The molecule has 2 aromatic carbocycles. The minimum Gasteiger partial charge on any atom is -0.475 e. The largest absolute Gasteiger partial charge is 0.490 e. The number of carbonyl (C=O) groups is 1. The molecular formula is C28H32ClF6N5O4S. The van der Waals surface area contributed by atoms with Gasteiger partial charge in [-0.25, -0.2) is 22.9 Å².